The largest absolute Gasteiger partial charge is 0.458 e. The standard InChI is InChI=1S/C42H72O4/c1-4-6-8-10-12-14-16-18-20-22-24-26-28-30-32-34-41(43)45-39-36-38(3)37-40(39)46-42(44)35-33-31-29-27-25-23-21-19-17-15-13-11-9-7-5-2/h12-15,18-21,38-40H,4-11,16-17,22-37H2,1-3H3/b14-12-,15-13-,20-18-,21-19-/t38?,39-,40+. The zero-order chi connectivity index (χ0) is 33.3. The van der Waals surface area contributed by atoms with Crippen molar-refractivity contribution in [1.82, 2.24) is 0 Å². The van der Waals surface area contributed by atoms with Gasteiger partial charge in [-0.25, -0.2) is 0 Å². The Hall–Kier alpha value is -2.10. The molecule has 0 radical (unpaired) electrons. The number of allylic oxidation sites excluding steroid dienone is 8. The number of rotatable bonds is 30. The van der Waals surface area contributed by atoms with Gasteiger partial charge in [-0.15, -0.1) is 0 Å². The van der Waals surface area contributed by atoms with Gasteiger partial charge in [0.15, 0.2) is 0 Å². The molecule has 1 unspecified atom stereocenters. The third-order valence-electron chi connectivity index (χ3n) is 8.91. The molecule has 1 aliphatic carbocycles. The molecule has 0 bridgehead atoms. The van der Waals surface area contributed by atoms with E-state index in [-0.39, 0.29) is 24.1 Å². The zero-order valence-electron chi connectivity index (χ0n) is 30.4. The molecule has 1 fully saturated rings. The second-order valence-electron chi connectivity index (χ2n) is 13.6. The first-order chi connectivity index (χ1) is 22.6. The fraction of sp³-hybridized carbons (Fsp3) is 0.762. The van der Waals surface area contributed by atoms with Crippen LogP contribution in [0.1, 0.15) is 188 Å². The Morgan fingerprint density at radius 2 is 0.804 bits per heavy atom. The first-order valence-electron chi connectivity index (χ1n) is 19.6. The molecular formula is C42H72O4. The fourth-order valence-corrected chi connectivity index (χ4v) is 6.06. The van der Waals surface area contributed by atoms with Gasteiger partial charge in [-0.05, 0) is 95.8 Å². The van der Waals surface area contributed by atoms with E-state index < -0.39 is 0 Å². The monoisotopic (exact) mass is 641 g/mol. The van der Waals surface area contributed by atoms with E-state index in [1.54, 1.807) is 0 Å². The Morgan fingerprint density at radius 3 is 1.17 bits per heavy atom. The van der Waals surface area contributed by atoms with Crippen molar-refractivity contribution in [2.45, 2.75) is 200 Å². The van der Waals surface area contributed by atoms with Gasteiger partial charge in [-0.3, -0.25) is 9.59 Å². The molecule has 0 aromatic carbocycles. The number of carbonyl (C=O) groups is 2. The lowest BCUT2D eigenvalue weighted by molar-refractivity contribution is -0.165. The van der Waals surface area contributed by atoms with Crippen molar-refractivity contribution in [3.8, 4) is 0 Å². The summed E-state index contributed by atoms with van der Waals surface area (Å²) in [6.07, 6.45) is 45.9. The van der Waals surface area contributed by atoms with Crippen LogP contribution in [0.3, 0.4) is 0 Å². The minimum Gasteiger partial charge on any atom is -0.458 e. The third-order valence-corrected chi connectivity index (χ3v) is 8.91. The van der Waals surface area contributed by atoms with E-state index in [0.29, 0.717) is 18.8 Å². The maximum absolute atomic E-state index is 12.5. The first kappa shape index (κ1) is 41.9. The maximum Gasteiger partial charge on any atom is 0.306 e. The SMILES string of the molecule is CCCCC/C=C\C/C=C\CCCCCCCC(=O)O[C@H]1CC(C)C[C@H]1OC(=O)CCCCCCC/C=C\C/C=C\CCCCC. The maximum atomic E-state index is 12.5. The Morgan fingerprint density at radius 1 is 0.478 bits per heavy atom. The summed E-state index contributed by atoms with van der Waals surface area (Å²) in [4.78, 5) is 25.0. The predicted molar refractivity (Wildman–Crippen MR) is 197 cm³/mol. The summed E-state index contributed by atoms with van der Waals surface area (Å²) in [5, 5.41) is 0. The average Bonchev–Trinajstić information content (AvgIpc) is 3.38. The zero-order valence-corrected chi connectivity index (χ0v) is 30.4. The lowest BCUT2D eigenvalue weighted by Gasteiger charge is -2.20. The summed E-state index contributed by atoms with van der Waals surface area (Å²) in [6.45, 7) is 6.64. The second kappa shape index (κ2) is 31.5. The highest BCUT2D eigenvalue weighted by atomic mass is 16.6. The molecule has 264 valence electrons. The predicted octanol–water partition coefficient (Wildman–Crippen LogP) is 12.9. The second-order valence-corrected chi connectivity index (χ2v) is 13.6. The summed E-state index contributed by atoms with van der Waals surface area (Å²) < 4.78 is 11.6. The highest BCUT2D eigenvalue weighted by molar-refractivity contribution is 5.70. The van der Waals surface area contributed by atoms with Gasteiger partial charge in [0.25, 0.3) is 0 Å². The van der Waals surface area contributed by atoms with Crippen LogP contribution in [0.4, 0.5) is 0 Å². The lowest BCUT2D eigenvalue weighted by atomic mass is 10.1. The van der Waals surface area contributed by atoms with Gasteiger partial charge in [0.05, 0.1) is 0 Å². The van der Waals surface area contributed by atoms with E-state index in [0.717, 1.165) is 77.0 Å². The van der Waals surface area contributed by atoms with Crippen molar-refractivity contribution >= 4 is 11.9 Å². The number of hydrogen-bond acceptors (Lipinski definition) is 4. The molecule has 4 nitrogen and oxygen atoms in total. The number of unbranched alkanes of at least 4 members (excludes halogenated alkanes) is 16. The van der Waals surface area contributed by atoms with Gasteiger partial charge in [0, 0.05) is 12.8 Å². The highest BCUT2D eigenvalue weighted by Crippen LogP contribution is 2.31. The molecule has 0 aromatic heterocycles. The Balaban J connectivity index is 2.04. The van der Waals surface area contributed by atoms with Crippen LogP contribution in [0, 0.1) is 5.92 Å². The first-order valence-corrected chi connectivity index (χ1v) is 19.6. The van der Waals surface area contributed by atoms with E-state index in [1.165, 1.54) is 77.0 Å². The van der Waals surface area contributed by atoms with Crippen LogP contribution in [-0.4, -0.2) is 24.1 Å². The van der Waals surface area contributed by atoms with Crippen molar-refractivity contribution in [3.05, 3.63) is 48.6 Å². The third kappa shape index (κ3) is 26.0. The van der Waals surface area contributed by atoms with Crippen LogP contribution in [0.2, 0.25) is 0 Å². The lowest BCUT2D eigenvalue weighted by Crippen LogP contribution is -2.30. The van der Waals surface area contributed by atoms with E-state index in [1.807, 2.05) is 0 Å². The van der Waals surface area contributed by atoms with Crippen LogP contribution in [-0.2, 0) is 19.1 Å². The van der Waals surface area contributed by atoms with Crippen LogP contribution < -0.4 is 0 Å². The van der Waals surface area contributed by atoms with Gasteiger partial charge in [-0.1, -0.05) is 134 Å². The van der Waals surface area contributed by atoms with Crippen LogP contribution in [0.5, 0.6) is 0 Å². The molecule has 0 heterocycles. The summed E-state index contributed by atoms with van der Waals surface area (Å²) in [5.41, 5.74) is 0. The highest BCUT2D eigenvalue weighted by Gasteiger charge is 2.37. The molecule has 1 saturated carbocycles. The minimum absolute atomic E-state index is 0.139. The molecule has 0 aromatic rings. The summed E-state index contributed by atoms with van der Waals surface area (Å²) in [5.74, 6) is 0.126. The van der Waals surface area contributed by atoms with Crippen molar-refractivity contribution in [3.63, 3.8) is 0 Å². The molecular weight excluding hydrogens is 568 g/mol. The van der Waals surface area contributed by atoms with Crippen LogP contribution in [0.25, 0.3) is 0 Å². The van der Waals surface area contributed by atoms with Gasteiger partial charge >= 0.3 is 11.9 Å². The molecule has 4 heteroatoms. The van der Waals surface area contributed by atoms with Gasteiger partial charge in [-0.2, -0.15) is 0 Å². The molecule has 0 spiro atoms. The normalized spacial score (nSPS) is 18.5. The minimum atomic E-state index is -0.283. The van der Waals surface area contributed by atoms with Crippen LogP contribution in [0.15, 0.2) is 48.6 Å². The number of carbonyl (C=O) groups excluding carboxylic acids is 2. The van der Waals surface area contributed by atoms with Gasteiger partial charge in [0.1, 0.15) is 12.2 Å². The summed E-state index contributed by atoms with van der Waals surface area (Å²) >= 11 is 0. The number of esters is 2. The average molecular weight is 641 g/mol. The summed E-state index contributed by atoms with van der Waals surface area (Å²) in [7, 11) is 0. The molecule has 3 atom stereocenters. The van der Waals surface area contributed by atoms with Crippen molar-refractivity contribution in [1.29, 1.82) is 0 Å². The Labute approximate surface area is 284 Å². The molecule has 0 N–H and O–H groups in total. The van der Waals surface area contributed by atoms with E-state index in [2.05, 4.69) is 69.4 Å². The van der Waals surface area contributed by atoms with Gasteiger partial charge < -0.3 is 9.47 Å². The van der Waals surface area contributed by atoms with Crippen molar-refractivity contribution < 1.29 is 19.1 Å². The topological polar surface area (TPSA) is 52.6 Å². The summed E-state index contributed by atoms with van der Waals surface area (Å²) in [6, 6.07) is 0. The molecule has 0 aliphatic heterocycles. The Bertz CT molecular complexity index is 771. The number of ether oxygens (including phenoxy) is 2. The molecule has 0 amide bonds. The molecule has 46 heavy (non-hydrogen) atoms. The van der Waals surface area contributed by atoms with E-state index in [4.69, 9.17) is 9.47 Å². The van der Waals surface area contributed by atoms with Crippen molar-refractivity contribution in [2.24, 2.45) is 5.92 Å². The van der Waals surface area contributed by atoms with Gasteiger partial charge in [0.2, 0.25) is 0 Å². The van der Waals surface area contributed by atoms with E-state index in [9.17, 15) is 9.59 Å². The molecule has 0 saturated heterocycles. The molecule has 1 aliphatic rings. The van der Waals surface area contributed by atoms with Crippen LogP contribution >= 0.6 is 0 Å². The Kier molecular flexibility index (Phi) is 28.7. The fourth-order valence-electron chi connectivity index (χ4n) is 6.06. The van der Waals surface area contributed by atoms with E-state index >= 15 is 0 Å². The quantitative estimate of drug-likeness (QED) is 0.0445. The van der Waals surface area contributed by atoms with Crippen molar-refractivity contribution in [2.75, 3.05) is 0 Å². The molecule has 1 rings (SSSR count). The smallest absolute Gasteiger partial charge is 0.306 e. The number of hydrogen-bond donors (Lipinski definition) is 0.